The van der Waals surface area contributed by atoms with Crippen molar-refractivity contribution in [2.75, 3.05) is 19.0 Å². The standard InChI is InChI=1S/C18H18ClF3N2O2/c1-26-14-5-2-12(3-6-14)11-23-9-8-17(25)24-13-4-7-16(19)15(10-13)18(20,21)22/h2-7,10,23H,8-9,11H2,1H3,(H,24,25). The first-order valence-corrected chi connectivity index (χ1v) is 8.17. The number of carbonyl (C=O) groups is 1. The van der Waals surface area contributed by atoms with Crippen molar-refractivity contribution in [1.82, 2.24) is 5.32 Å². The van der Waals surface area contributed by atoms with E-state index in [1.165, 1.54) is 6.07 Å². The maximum absolute atomic E-state index is 12.8. The molecule has 0 aromatic heterocycles. The number of amides is 1. The van der Waals surface area contributed by atoms with Crippen LogP contribution in [0.25, 0.3) is 0 Å². The van der Waals surface area contributed by atoms with E-state index in [-0.39, 0.29) is 18.0 Å². The van der Waals surface area contributed by atoms with Gasteiger partial charge in [-0.05, 0) is 35.9 Å². The van der Waals surface area contributed by atoms with Crippen molar-refractivity contribution < 1.29 is 22.7 Å². The lowest BCUT2D eigenvalue weighted by atomic mass is 10.2. The van der Waals surface area contributed by atoms with Crippen LogP contribution in [-0.4, -0.2) is 19.6 Å². The maximum Gasteiger partial charge on any atom is 0.417 e. The minimum Gasteiger partial charge on any atom is -0.497 e. The van der Waals surface area contributed by atoms with Crippen molar-refractivity contribution in [3.8, 4) is 5.75 Å². The molecule has 1 amide bonds. The molecule has 0 saturated carbocycles. The first kappa shape index (κ1) is 20.1. The number of carbonyl (C=O) groups excluding carboxylic acids is 1. The minimum absolute atomic E-state index is 0.0573. The Labute approximate surface area is 154 Å². The Morgan fingerprint density at radius 1 is 1.15 bits per heavy atom. The van der Waals surface area contributed by atoms with Gasteiger partial charge in [-0.25, -0.2) is 0 Å². The van der Waals surface area contributed by atoms with Gasteiger partial charge in [0.05, 0.1) is 17.7 Å². The number of hydrogen-bond acceptors (Lipinski definition) is 3. The quantitative estimate of drug-likeness (QED) is 0.689. The molecule has 0 bridgehead atoms. The van der Waals surface area contributed by atoms with E-state index in [4.69, 9.17) is 16.3 Å². The molecule has 0 radical (unpaired) electrons. The molecule has 2 aromatic rings. The maximum atomic E-state index is 12.8. The van der Waals surface area contributed by atoms with E-state index in [0.717, 1.165) is 23.4 Å². The topological polar surface area (TPSA) is 50.4 Å². The fourth-order valence-electron chi connectivity index (χ4n) is 2.22. The third kappa shape index (κ3) is 5.93. The van der Waals surface area contributed by atoms with E-state index in [9.17, 15) is 18.0 Å². The van der Waals surface area contributed by atoms with E-state index < -0.39 is 16.8 Å². The minimum atomic E-state index is -4.57. The van der Waals surface area contributed by atoms with E-state index in [2.05, 4.69) is 10.6 Å². The van der Waals surface area contributed by atoms with E-state index in [0.29, 0.717) is 13.1 Å². The lowest BCUT2D eigenvalue weighted by Crippen LogP contribution is -2.21. The predicted molar refractivity (Wildman–Crippen MR) is 94.4 cm³/mol. The highest BCUT2D eigenvalue weighted by Gasteiger charge is 2.33. The third-order valence-electron chi connectivity index (χ3n) is 3.57. The molecule has 0 aliphatic carbocycles. The van der Waals surface area contributed by atoms with Gasteiger partial charge in [0.2, 0.25) is 5.91 Å². The van der Waals surface area contributed by atoms with Crippen LogP contribution in [-0.2, 0) is 17.5 Å². The molecule has 0 spiro atoms. The summed E-state index contributed by atoms with van der Waals surface area (Å²) < 4.78 is 43.5. The van der Waals surface area contributed by atoms with Gasteiger partial charge in [0.25, 0.3) is 0 Å². The Balaban J connectivity index is 1.80. The first-order valence-electron chi connectivity index (χ1n) is 7.80. The number of hydrogen-bond donors (Lipinski definition) is 2. The number of anilines is 1. The normalized spacial score (nSPS) is 11.3. The number of rotatable bonds is 7. The second kappa shape index (κ2) is 8.91. The molecule has 0 unspecified atom stereocenters. The fourth-order valence-corrected chi connectivity index (χ4v) is 2.45. The van der Waals surface area contributed by atoms with Crippen molar-refractivity contribution in [3.63, 3.8) is 0 Å². The van der Waals surface area contributed by atoms with Crippen LogP contribution in [0.2, 0.25) is 5.02 Å². The second-order valence-corrected chi connectivity index (χ2v) is 5.92. The van der Waals surface area contributed by atoms with Gasteiger partial charge in [0.1, 0.15) is 5.75 Å². The summed E-state index contributed by atoms with van der Waals surface area (Å²) in [7, 11) is 1.59. The summed E-state index contributed by atoms with van der Waals surface area (Å²) in [6.07, 6.45) is -4.45. The number of ether oxygens (including phenoxy) is 1. The predicted octanol–water partition coefficient (Wildman–Crippen LogP) is 4.49. The summed E-state index contributed by atoms with van der Waals surface area (Å²) in [6, 6.07) is 10.7. The highest BCUT2D eigenvalue weighted by atomic mass is 35.5. The summed E-state index contributed by atoms with van der Waals surface area (Å²) in [5.41, 5.74) is 0.107. The molecule has 0 atom stereocenters. The molecule has 0 aliphatic rings. The van der Waals surface area contributed by atoms with Crippen molar-refractivity contribution in [2.24, 2.45) is 0 Å². The average molecular weight is 387 g/mol. The third-order valence-corrected chi connectivity index (χ3v) is 3.90. The SMILES string of the molecule is COc1ccc(CNCCC(=O)Nc2ccc(Cl)c(C(F)(F)F)c2)cc1. The van der Waals surface area contributed by atoms with Crippen LogP contribution in [0.3, 0.4) is 0 Å². The van der Waals surface area contributed by atoms with Crippen molar-refractivity contribution >= 4 is 23.2 Å². The van der Waals surface area contributed by atoms with Crippen LogP contribution in [0.4, 0.5) is 18.9 Å². The molecule has 8 heteroatoms. The van der Waals surface area contributed by atoms with Crippen LogP contribution in [0.15, 0.2) is 42.5 Å². The lowest BCUT2D eigenvalue weighted by Gasteiger charge is -2.12. The molecule has 4 nitrogen and oxygen atoms in total. The molecule has 2 N–H and O–H groups in total. The monoisotopic (exact) mass is 386 g/mol. The number of nitrogens with one attached hydrogen (secondary N) is 2. The summed E-state index contributed by atoms with van der Waals surface area (Å²) in [6.45, 7) is 0.952. The van der Waals surface area contributed by atoms with E-state index in [1.54, 1.807) is 7.11 Å². The van der Waals surface area contributed by atoms with Gasteiger partial charge < -0.3 is 15.4 Å². The van der Waals surface area contributed by atoms with Crippen LogP contribution in [0.1, 0.15) is 17.5 Å². The van der Waals surface area contributed by atoms with Gasteiger partial charge in [-0.2, -0.15) is 13.2 Å². The molecule has 2 rings (SSSR count). The van der Waals surface area contributed by atoms with Crippen LogP contribution in [0, 0.1) is 0 Å². The molecule has 26 heavy (non-hydrogen) atoms. The summed E-state index contributed by atoms with van der Waals surface area (Å²) >= 11 is 5.55. The Kier molecular flexibility index (Phi) is 6.88. The Hall–Kier alpha value is -2.25. The number of benzene rings is 2. The van der Waals surface area contributed by atoms with Gasteiger partial charge in [-0.1, -0.05) is 23.7 Å². The number of methoxy groups -OCH3 is 1. The molecule has 0 saturated heterocycles. The highest BCUT2D eigenvalue weighted by molar-refractivity contribution is 6.31. The van der Waals surface area contributed by atoms with Crippen molar-refractivity contribution in [3.05, 3.63) is 58.6 Å². The summed E-state index contributed by atoms with van der Waals surface area (Å²) in [4.78, 5) is 11.9. The Bertz CT molecular complexity index is 749. The van der Waals surface area contributed by atoms with Gasteiger partial charge in [-0.3, -0.25) is 4.79 Å². The molecule has 0 fully saturated rings. The van der Waals surface area contributed by atoms with Gasteiger partial charge in [-0.15, -0.1) is 0 Å². The van der Waals surface area contributed by atoms with E-state index >= 15 is 0 Å². The summed E-state index contributed by atoms with van der Waals surface area (Å²) in [5.74, 6) is 0.372. The first-order chi connectivity index (χ1) is 12.3. The molecular weight excluding hydrogens is 369 g/mol. The van der Waals surface area contributed by atoms with Gasteiger partial charge in [0, 0.05) is 25.2 Å². The van der Waals surface area contributed by atoms with Crippen LogP contribution >= 0.6 is 11.6 Å². The molecule has 0 aliphatic heterocycles. The van der Waals surface area contributed by atoms with Crippen molar-refractivity contribution in [2.45, 2.75) is 19.1 Å². The lowest BCUT2D eigenvalue weighted by molar-refractivity contribution is -0.137. The average Bonchev–Trinajstić information content (AvgIpc) is 2.60. The largest absolute Gasteiger partial charge is 0.497 e. The van der Waals surface area contributed by atoms with Crippen molar-refractivity contribution in [1.29, 1.82) is 0 Å². The Morgan fingerprint density at radius 2 is 1.85 bits per heavy atom. The fraction of sp³-hybridized carbons (Fsp3) is 0.278. The summed E-state index contributed by atoms with van der Waals surface area (Å²) in [5, 5.41) is 5.13. The zero-order chi connectivity index (χ0) is 19.2. The smallest absolute Gasteiger partial charge is 0.417 e. The molecular formula is C18H18ClF3N2O2. The van der Waals surface area contributed by atoms with Gasteiger partial charge >= 0.3 is 6.18 Å². The molecule has 140 valence electrons. The second-order valence-electron chi connectivity index (χ2n) is 5.52. The number of alkyl halides is 3. The highest BCUT2D eigenvalue weighted by Crippen LogP contribution is 2.36. The van der Waals surface area contributed by atoms with Crippen LogP contribution < -0.4 is 15.4 Å². The number of halogens is 4. The Morgan fingerprint density at radius 3 is 2.46 bits per heavy atom. The molecule has 0 heterocycles. The zero-order valence-corrected chi connectivity index (χ0v) is 14.7. The van der Waals surface area contributed by atoms with Gasteiger partial charge in [0.15, 0.2) is 0 Å². The van der Waals surface area contributed by atoms with E-state index in [1.807, 2.05) is 24.3 Å². The molecule has 2 aromatic carbocycles. The zero-order valence-electron chi connectivity index (χ0n) is 14.0. The van der Waals surface area contributed by atoms with Crippen LogP contribution in [0.5, 0.6) is 5.75 Å².